The average Bonchev–Trinajstić information content (AvgIpc) is 3.27. The van der Waals surface area contributed by atoms with E-state index < -0.39 is 0 Å². The van der Waals surface area contributed by atoms with E-state index in [0.29, 0.717) is 12.5 Å². The van der Waals surface area contributed by atoms with Crippen LogP contribution in [0.3, 0.4) is 0 Å². The fourth-order valence-corrected chi connectivity index (χ4v) is 4.17. The lowest BCUT2D eigenvalue weighted by molar-refractivity contribution is 0.208. The first-order valence-corrected chi connectivity index (χ1v) is 10.7. The molecule has 7 nitrogen and oxygen atoms in total. The first-order chi connectivity index (χ1) is 15.3. The molecule has 0 spiro atoms. The van der Waals surface area contributed by atoms with Gasteiger partial charge in [-0.3, -0.25) is 4.57 Å². The number of nitrogens with one attached hydrogen (secondary N) is 1. The molecule has 158 valence electrons. The number of aliphatic hydroxyl groups is 1. The van der Waals surface area contributed by atoms with Crippen LogP contribution >= 0.6 is 0 Å². The van der Waals surface area contributed by atoms with Crippen LogP contribution in [-0.4, -0.2) is 44.3 Å². The van der Waals surface area contributed by atoms with E-state index in [9.17, 15) is 5.11 Å². The van der Waals surface area contributed by atoms with Gasteiger partial charge in [-0.05, 0) is 48.6 Å². The van der Waals surface area contributed by atoms with Crippen LogP contribution in [0.5, 0.6) is 0 Å². The van der Waals surface area contributed by atoms with E-state index in [0.717, 1.165) is 54.3 Å². The molecule has 4 aromatic rings. The van der Waals surface area contributed by atoms with Gasteiger partial charge in [-0.1, -0.05) is 24.3 Å². The molecular formula is C24H26N6O. The Hall–Kier alpha value is -3.45. The van der Waals surface area contributed by atoms with Gasteiger partial charge >= 0.3 is 0 Å². The standard InChI is InChI=1S/C24H26N6O/c31-15-19-4-3-11-29(14-19)24-12-23(26-16-27-24)25-13-18-7-9-20(10-8-18)30-17-28-21-5-1-2-6-22(21)30/h1-2,5-10,12,16-17,19,31H,3-4,11,13-15H2,(H,25,26,27). The highest BCUT2D eigenvalue weighted by molar-refractivity contribution is 5.77. The van der Waals surface area contributed by atoms with Crippen molar-refractivity contribution in [3.05, 3.63) is 72.8 Å². The Bertz CT molecular complexity index is 1160. The van der Waals surface area contributed by atoms with Crippen LogP contribution in [0.1, 0.15) is 18.4 Å². The quantitative estimate of drug-likeness (QED) is 0.502. The highest BCUT2D eigenvalue weighted by Crippen LogP contribution is 2.23. The third-order valence-corrected chi connectivity index (χ3v) is 5.90. The molecule has 0 saturated carbocycles. The molecule has 1 fully saturated rings. The van der Waals surface area contributed by atoms with Crippen LogP contribution in [0.15, 0.2) is 67.3 Å². The molecule has 2 aromatic heterocycles. The number of fused-ring (bicyclic) bond motifs is 1. The number of para-hydroxylation sites is 2. The minimum Gasteiger partial charge on any atom is -0.396 e. The second-order valence-electron chi connectivity index (χ2n) is 8.02. The van der Waals surface area contributed by atoms with E-state index in [1.807, 2.05) is 30.6 Å². The summed E-state index contributed by atoms with van der Waals surface area (Å²) >= 11 is 0. The minimum atomic E-state index is 0.234. The van der Waals surface area contributed by atoms with Crippen molar-refractivity contribution in [1.82, 2.24) is 19.5 Å². The highest BCUT2D eigenvalue weighted by Gasteiger charge is 2.20. The first-order valence-electron chi connectivity index (χ1n) is 10.7. The summed E-state index contributed by atoms with van der Waals surface area (Å²) in [5.74, 6) is 2.05. The highest BCUT2D eigenvalue weighted by atomic mass is 16.3. The molecule has 0 radical (unpaired) electrons. The third-order valence-electron chi connectivity index (χ3n) is 5.90. The van der Waals surface area contributed by atoms with E-state index in [1.165, 1.54) is 5.56 Å². The zero-order valence-electron chi connectivity index (χ0n) is 17.4. The summed E-state index contributed by atoms with van der Waals surface area (Å²) in [5.41, 5.74) is 4.35. The van der Waals surface area contributed by atoms with Gasteiger partial charge in [-0.2, -0.15) is 0 Å². The SMILES string of the molecule is OCC1CCCN(c2cc(NCc3ccc(-n4cnc5ccccc54)cc3)ncn2)C1. The number of anilines is 2. The van der Waals surface area contributed by atoms with Crippen molar-refractivity contribution < 1.29 is 5.11 Å². The number of imidazole rings is 1. The molecule has 1 atom stereocenters. The van der Waals surface area contributed by atoms with Gasteiger partial charge in [-0.25, -0.2) is 15.0 Å². The molecular weight excluding hydrogens is 388 g/mol. The monoisotopic (exact) mass is 414 g/mol. The predicted molar refractivity (Wildman–Crippen MR) is 122 cm³/mol. The normalized spacial score (nSPS) is 16.5. The molecule has 0 amide bonds. The Morgan fingerprint density at radius 1 is 1.03 bits per heavy atom. The van der Waals surface area contributed by atoms with E-state index in [1.54, 1.807) is 6.33 Å². The molecule has 1 saturated heterocycles. The molecule has 1 aliphatic rings. The number of piperidine rings is 1. The molecule has 1 aliphatic heterocycles. The largest absolute Gasteiger partial charge is 0.396 e. The van der Waals surface area contributed by atoms with Gasteiger partial charge in [0.05, 0.1) is 11.0 Å². The van der Waals surface area contributed by atoms with Crippen LogP contribution in [0.25, 0.3) is 16.7 Å². The molecule has 2 N–H and O–H groups in total. The second kappa shape index (κ2) is 8.73. The van der Waals surface area contributed by atoms with Crippen molar-refractivity contribution in [2.45, 2.75) is 19.4 Å². The van der Waals surface area contributed by atoms with E-state index in [4.69, 9.17) is 0 Å². The summed E-state index contributed by atoms with van der Waals surface area (Å²) in [6, 6.07) is 18.6. The number of aromatic nitrogens is 4. The van der Waals surface area contributed by atoms with E-state index in [2.05, 4.69) is 60.1 Å². The summed E-state index contributed by atoms with van der Waals surface area (Å²) in [6.07, 6.45) is 5.63. The maximum Gasteiger partial charge on any atom is 0.134 e. The molecule has 0 aliphatic carbocycles. The van der Waals surface area contributed by atoms with Gasteiger partial charge in [0.25, 0.3) is 0 Å². The van der Waals surface area contributed by atoms with E-state index >= 15 is 0 Å². The van der Waals surface area contributed by atoms with Gasteiger partial charge < -0.3 is 15.3 Å². The second-order valence-corrected chi connectivity index (χ2v) is 8.02. The van der Waals surface area contributed by atoms with Crippen LogP contribution in [-0.2, 0) is 6.54 Å². The Morgan fingerprint density at radius 2 is 1.90 bits per heavy atom. The Kier molecular flexibility index (Phi) is 5.50. The van der Waals surface area contributed by atoms with Gasteiger partial charge in [0.1, 0.15) is 24.3 Å². The number of hydrogen-bond acceptors (Lipinski definition) is 6. The minimum absolute atomic E-state index is 0.234. The number of hydrogen-bond donors (Lipinski definition) is 2. The lowest BCUT2D eigenvalue weighted by Crippen LogP contribution is -2.37. The summed E-state index contributed by atoms with van der Waals surface area (Å²) in [4.78, 5) is 15.5. The first kappa shape index (κ1) is 19.5. The van der Waals surface area contributed by atoms with Gasteiger partial charge in [0, 0.05) is 38.0 Å². The van der Waals surface area contributed by atoms with Crippen molar-refractivity contribution in [2.75, 3.05) is 29.9 Å². The van der Waals surface area contributed by atoms with Crippen molar-refractivity contribution in [1.29, 1.82) is 0 Å². The van der Waals surface area contributed by atoms with Crippen molar-refractivity contribution in [3.8, 4) is 5.69 Å². The van der Waals surface area contributed by atoms with Crippen molar-refractivity contribution in [3.63, 3.8) is 0 Å². The zero-order valence-corrected chi connectivity index (χ0v) is 17.4. The van der Waals surface area contributed by atoms with Crippen molar-refractivity contribution >= 4 is 22.7 Å². The van der Waals surface area contributed by atoms with Gasteiger partial charge in [-0.15, -0.1) is 0 Å². The number of nitrogens with zero attached hydrogens (tertiary/aromatic N) is 5. The smallest absolute Gasteiger partial charge is 0.134 e. The summed E-state index contributed by atoms with van der Waals surface area (Å²) in [5, 5.41) is 12.9. The molecule has 0 bridgehead atoms. The number of benzene rings is 2. The van der Waals surface area contributed by atoms with E-state index in [-0.39, 0.29) is 6.61 Å². The zero-order chi connectivity index (χ0) is 21.0. The maximum atomic E-state index is 9.48. The number of rotatable bonds is 6. The number of aliphatic hydroxyl groups excluding tert-OH is 1. The fourth-order valence-electron chi connectivity index (χ4n) is 4.17. The van der Waals surface area contributed by atoms with Gasteiger partial charge in [0.2, 0.25) is 0 Å². The maximum absolute atomic E-state index is 9.48. The Morgan fingerprint density at radius 3 is 2.77 bits per heavy atom. The van der Waals surface area contributed by atoms with Gasteiger partial charge in [0.15, 0.2) is 0 Å². The summed E-state index contributed by atoms with van der Waals surface area (Å²) in [7, 11) is 0. The predicted octanol–water partition coefficient (Wildman–Crippen LogP) is 3.64. The van der Waals surface area contributed by atoms with Crippen LogP contribution in [0, 0.1) is 5.92 Å². The molecule has 2 aromatic carbocycles. The molecule has 5 rings (SSSR count). The lowest BCUT2D eigenvalue weighted by atomic mass is 9.99. The molecule has 7 heteroatoms. The lowest BCUT2D eigenvalue weighted by Gasteiger charge is -2.32. The molecule has 3 heterocycles. The van der Waals surface area contributed by atoms with Crippen LogP contribution < -0.4 is 10.2 Å². The topological polar surface area (TPSA) is 79.1 Å². The fraction of sp³-hybridized carbons (Fsp3) is 0.292. The summed E-state index contributed by atoms with van der Waals surface area (Å²) < 4.78 is 2.10. The Labute approximate surface area is 181 Å². The summed E-state index contributed by atoms with van der Waals surface area (Å²) in [6.45, 7) is 2.73. The van der Waals surface area contributed by atoms with Crippen LogP contribution in [0.2, 0.25) is 0 Å². The molecule has 1 unspecified atom stereocenters. The van der Waals surface area contributed by atoms with Crippen molar-refractivity contribution in [2.24, 2.45) is 5.92 Å². The average molecular weight is 415 g/mol. The Balaban J connectivity index is 1.25. The van der Waals surface area contributed by atoms with Crippen LogP contribution in [0.4, 0.5) is 11.6 Å². The third kappa shape index (κ3) is 4.22. The molecule has 31 heavy (non-hydrogen) atoms.